The zero-order chi connectivity index (χ0) is 11.5. The highest BCUT2D eigenvalue weighted by Gasteiger charge is 2.21. The average molecular weight is 286 g/mol. The van der Waals surface area contributed by atoms with E-state index >= 15 is 0 Å². The molecule has 0 aromatic heterocycles. The molecule has 1 N–H and O–H groups in total. The van der Waals surface area contributed by atoms with Gasteiger partial charge < -0.3 is 14.7 Å². The number of benzene rings is 1. The van der Waals surface area contributed by atoms with E-state index in [1.54, 1.807) is 7.11 Å². The van der Waals surface area contributed by atoms with E-state index in [1.807, 2.05) is 18.2 Å². The highest BCUT2D eigenvalue weighted by molar-refractivity contribution is 9.10. The minimum atomic E-state index is -0.212. The molecule has 1 atom stereocenters. The number of aliphatic hydroxyl groups is 1. The predicted molar refractivity (Wildman–Crippen MR) is 63.8 cm³/mol. The number of halogens is 1. The van der Waals surface area contributed by atoms with Gasteiger partial charge in [-0.2, -0.15) is 0 Å². The lowest BCUT2D eigenvalue weighted by molar-refractivity contribution is 0.0390. The van der Waals surface area contributed by atoms with Crippen molar-refractivity contribution >= 4 is 21.6 Å². The van der Waals surface area contributed by atoms with E-state index in [2.05, 4.69) is 21.1 Å². The van der Waals surface area contributed by atoms with Crippen LogP contribution < -0.4 is 4.74 Å². The van der Waals surface area contributed by atoms with E-state index in [4.69, 9.17) is 14.7 Å². The van der Waals surface area contributed by atoms with Crippen molar-refractivity contribution in [3.05, 3.63) is 28.2 Å². The minimum Gasteiger partial charge on any atom is -0.496 e. The van der Waals surface area contributed by atoms with Crippen molar-refractivity contribution in [1.29, 1.82) is 0 Å². The summed E-state index contributed by atoms with van der Waals surface area (Å²) in [5.74, 6) is 0.780. The molecule has 1 heterocycles. The van der Waals surface area contributed by atoms with E-state index in [0.717, 1.165) is 21.5 Å². The van der Waals surface area contributed by atoms with Crippen LogP contribution in [0.4, 0.5) is 0 Å². The van der Waals surface area contributed by atoms with Crippen LogP contribution in [0.2, 0.25) is 0 Å². The van der Waals surface area contributed by atoms with Gasteiger partial charge in [-0.3, -0.25) is 0 Å². The van der Waals surface area contributed by atoms with E-state index < -0.39 is 0 Å². The summed E-state index contributed by atoms with van der Waals surface area (Å²) < 4.78 is 6.02. The fourth-order valence-corrected chi connectivity index (χ4v) is 2.08. The largest absolute Gasteiger partial charge is 0.496 e. The summed E-state index contributed by atoms with van der Waals surface area (Å²) in [6, 6.07) is 5.72. The van der Waals surface area contributed by atoms with Gasteiger partial charge in [0, 0.05) is 12.0 Å². The molecule has 1 aromatic carbocycles. The maximum Gasteiger partial charge on any atom is 0.156 e. The molecule has 0 radical (unpaired) electrons. The smallest absolute Gasteiger partial charge is 0.156 e. The number of ether oxygens (including phenoxy) is 1. The molecule has 0 aliphatic carbocycles. The molecule has 1 unspecified atom stereocenters. The first-order valence-corrected chi connectivity index (χ1v) is 5.71. The van der Waals surface area contributed by atoms with Gasteiger partial charge in [0.25, 0.3) is 0 Å². The fourth-order valence-electron chi connectivity index (χ4n) is 1.54. The summed E-state index contributed by atoms with van der Waals surface area (Å²) in [6.07, 6.45) is 0.422. The number of aliphatic hydroxyl groups excluding tert-OH is 1. The van der Waals surface area contributed by atoms with Crippen LogP contribution in [0.5, 0.6) is 5.75 Å². The van der Waals surface area contributed by atoms with Gasteiger partial charge in [-0.15, -0.1) is 0 Å². The molecule has 0 spiro atoms. The van der Waals surface area contributed by atoms with Crippen LogP contribution in [-0.4, -0.2) is 30.6 Å². The summed E-state index contributed by atoms with van der Waals surface area (Å²) in [7, 11) is 1.62. The topological polar surface area (TPSA) is 51.0 Å². The summed E-state index contributed by atoms with van der Waals surface area (Å²) in [6.45, 7) is -0.00960. The highest BCUT2D eigenvalue weighted by atomic mass is 79.9. The first-order chi connectivity index (χ1) is 7.74. The lowest BCUT2D eigenvalue weighted by atomic mass is 10.1. The van der Waals surface area contributed by atoms with E-state index in [1.165, 1.54) is 0 Å². The van der Waals surface area contributed by atoms with Crippen molar-refractivity contribution in [2.45, 2.75) is 12.5 Å². The summed E-state index contributed by atoms with van der Waals surface area (Å²) in [4.78, 5) is 5.06. The Balaban J connectivity index is 2.20. The van der Waals surface area contributed by atoms with Gasteiger partial charge in [-0.25, -0.2) is 0 Å². The van der Waals surface area contributed by atoms with Crippen molar-refractivity contribution < 1.29 is 14.7 Å². The third-order valence-corrected chi connectivity index (χ3v) is 3.04. The van der Waals surface area contributed by atoms with Crippen molar-refractivity contribution in [3.63, 3.8) is 0 Å². The second-order valence-corrected chi connectivity index (χ2v) is 4.36. The second-order valence-electron chi connectivity index (χ2n) is 3.50. The van der Waals surface area contributed by atoms with Crippen molar-refractivity contribution in [1.82, 2.24) is 0 Å². The predicted octanol–water partition coefficient (Wildman–Crippen LogP) is 1.94. The average Bonchev–Trinajstić information content (AvgIpc) is 2.77. The molecule has 0 saturated heterocycles. The monoisotopic (exact) mass is 285 g/mol. The van der Waals surface area contributed by atoms with Gasteiger partial charge in [0.05, 0.1) is 23.9 Å². The number of hydrogen-bond acceptors (Lipinski definition) is 4. The van der Waals surface area contributed by atoms with Gasteiger partial charge in [0.1, 0.15) is 5.75 Å². The fraction of sp³-hybridized carbons (Fsp3) is 0.364. The Morgan fingerprint density at radius 3 is 3.00 bits per heavy atom. The Labute approximate surface area is 102 Å². The Hall–Kier alpha value is -1.07. The van der Waals surface area contributed by atoms with Crippen LogP contribution in [0, 0.1) is 0 Å². The minimum absolute atomic E-state index is 0.00960. The van der Waals surface area contributed by atoms with Crippen molar-refractivity contribution in [2.24, 2.45) is 5.16 Å². The number of oxime groups is 1. The Kier molecular flexibility index (Phi) is 3.46. The van der Waals surface area contributed by atoms with Gasteiger partial charge in [0.15, 0.2) is 6.10 Å². The summed E-state index contributed by atoms with van der Waals surface area (Å²) in [5, 5.41) is 12.9. The molecule has 86 valence electrons. The summed E-state index contributed by atoms with van der Waals surface area (Å²) in [5.41, 5.74) is 1.83. The van der Waals surface area contributed by atoms with Gasteiger partial charge in [-0.05, 0) is 34.1 Å². The molecule has 2 rings (SSSR count). The second kappa shape index (κ2) is 4.84. The van der Waals surface area contributed by atoms with E-state index in [-0.39, 0.29) is 12.7 Å². The molecule has 1 aromatic rings. The van der Waals surface area contributed by atoms with Crippen LogP contribution in [0.1, 0.15) is 12.0 Å². The molecule has 0 fully saturated rings. The number of rotatable bonds is 3. The van der Waals surface area contributed by atoms with Gasteiger partial charge in [0.2, 0.25) is 0 Å². The third kappa shape index (κ3) is 2.20. The maximum atomic E-state index is 8.94. The summed E-state index contributed by atoms with van der Waals surface area (Å²) >= 11 is 3.42. The Morgan fingerprint density at radius 1 is 1.62 bits per heavy atom. The lowest BCUT2D eigenvalue weighted by Gasteiger charge is -2.05. The lowest BCUT2D eigenvalue weighted by Crippen LogP contribution is -2.12. The van der Waals surface area contributed by atoms with Crippen LogP contribution in [0.3, 0.4) is 0 Å². The quantitative estimate of drug-likeness (QED) is 0.924. The van der Waals surface area contributed by atoms with Crippen molar-refractivity contribution in [2.75, 3.05) is 13.7 Å². The number of nitrogens with zero attached hydrogens (tertiary/aromatic N) is 1. The van der Waals surface area contributed by atoms with Gasteiger partial charge in [-0.1, -0.05) is 5.16 Å². The van der Waals surface area contributed by atoms with Gasteiger partial charge >= 0.3 is 0 Å². The highest BCUT2D eigenvalue weighted by Crippen LogP contribution is 2.27. The molecule has 4 nitrogen and oxygen atoms in total. The molecule has 1 aliphatic rings. The molecular formula is C11H12BrNO3. The molecule has 0 bridgehead atoms. The third-order valence-electron chi connectivity index (χ3n) is 2.42. The number of hydrogen-bond donors (Lipinski definition) is 1. The molecule has 1 aliphatic heterocycles. The van der Waals surface area contributed by atoms with E-state index in [0.29, 0.717) is 6.42 Å². The molecule has 0 saturated carbocycles. The van der Waals surface area contributed by atoms with Crippen LogP contribution in [0.25, 0.3) is 0 Å². The Bertz CT molecular complexity index is 420. The standard InChI is InChI=1S/C11H12BrNO3/c1-15-11-3-2-7(4-9(11)12)10-5-8(6-14)16-13-10/h2-4,8,14H,5-6H2,1H3. The molecule has 5 heteroatoms. The normalized spacial score (nSPS) is 19.2. The zero-order valence-electron chi connectivity index (χ0n) is 8.81. The van der Waals surface area contributed by atoms with E-state index in [9.17, 15) is 0 Å². The van der Waals surface area contributed by atoms with Crippen LogP contribution >= 0.6 is 15.9 Å². The first kappa shape index (κ1) is 11.4. The SMILES string of the molecule is COc1ccc(C2=NOC(CO)C2)cc1Br. The number of methoxy groups -OCH3 is 1. The Morgan fingerprint density at radius 2 is 2.44 bits per heavy atom. The molecule has 0 amide bonds. The maximum absolute atomic E-state index is 8.94. The molecular weight excluding hydrogens is 274 g/mol. The van der Waals surface area contributed by atoms with Crippen LogP contribution in [-0.2, 0) is 4.84 Å². The van der Waals surface area contributed by atoms with Crippen LogP contribution in [0.15, 0.2) is 27.8 Å². The zero-order valence-corrected chi connectivity index (χ0v) is 10.4. The van der Waals surface area contributed by atoms with Crippen molar-refractivity contribution in [3.8, 4) is 5.75 Å². The first-order valence-electron chi connectivity index (χ1n) is 4.92. The molecule has 16 heavy (non-hydrogen) atoms.